The number of nitrogens with zero attached hydrogens (tertiary/aromatic N) is 2. The van der Waals surface area contributed by atoms with Crippen molar-refractivity contribution in [1.82, 2.24) is 15.1 Å². The second-order valence-electron chi connectivity index (χ2n) is 5.40. The van der Waals surface area contributed by atoms with E-state index in [-0.39, 0.29) is 6.04 Å². The highest BCUT2D eigenvalue weighted by molar-refractivity contribution is 5.44. The van der Waals surface area contributed by atoms with Crippen LogP contribution in [0.3, 0.4) is 0 Å². The lowest BCUT2D eigenvalue weighted by molar-refractivity contribution is 0.357. The summed E-state index contributed by atoms with van der Waals surface area (Å²) in [5.74, 6) is 1.03. The van der Waals surface area contributed by atoms with Gasteiger partial charge >= 0.3 is 0 Å². The van der Waals surface area contributed by atoms with Gasteiger partial charge in [0.15, 0.2) is 0 Å². The van der Waals surface area contributed by atoms with Crippen LogP contribution in [0.2, 0.25) is 0 Å². The van der Waals surface area contributed by atoms with Crippen molar-refractivity contribution in [3.8, 4) is 5.75 Å². The third-order valence-corrected chi connectivity index (χ3v) is 4.19. The van der Waals surface area contributed by atoms with Gasteiger partial charge in [0.1, 0.15) is 5.75 Å². The average molecular weight is 271 g/mol. The van der Waals surface area contributed by atoms with Gasteiger partial charge in [-0.3, -0.25) is 4.68 Å². The summed E-state index contributed by atoms with van der Waals surface area (Å²) in [7, 11) is 4.00. The number of hydrogen-bond donors (Lipinski definition) is 1. The third kappa shape index (κ3) is 2.00. The molecule has 0 aliphatic carbocycles. The number of aryl methyl sites for hydroxylation is 2. The van der Waals surface area contributed by atoms with E-state index in [1.165, 1.54) is 22.4 Å². The van der Waals surface area contributed by atoms with Crippen molar-refractivity contribution in [2.45, 2.75) is 26.3 Å². The molecule has 1 N–H and O–H groups in total. The number of aromatic nitrogens is 2. The molecule has 1 unspecified atom stereocenters. The molecule has 106 valence electrons. The maximum Gasteiger partial charge on any atom is 0.122 e. The van der Waals surface area contributed by atoms with Crippen molar-refractivity contribution in [3.63, 3.8) is 0 Å². The molecule has 1 aliphatic heterocycles. The lowest BCUT2D eigenvalue weighted by Crippen LogP contribution is -2.19. The van der Waals surface area contributed by atoms with Gasteiger partial charge in [-0.05, 0) is 38.1 Å². The molecule has 0 saturated carbocycles. The number of benzene rings is 1. The van der Waals surface area contributed by atoms with Crippen molar-refractivity contribution >= 4 is 0 Å². The maximum atomic E-state index is 5.59. The summed E-state index contributed by atoms with van der Waals surface area (Å²) in [4.78, 5) is 0. The van der Waals surface area contributed by atoms with Crippen molar-refractivity contribution in [3.05, 3.63) is 46.3 Å². The first-order chi connectivity index (χ1) is 9.61. The van der Waals surface area contributed by atoms with Crippen LogP contribution in [0.4, 0.5) is 0 Å². The molecule has 4 nitrogen and oxygen atoms in total. The molecule has 20 heavy (non-hydrogen) atoms. The Morgan fingerprint density at radius 3 is 2.80 bits per heavy atom. The van der Waals surface area contributed by atoms with Gasteiger partial charge in [0, 0.05) is 24.7 Å². The molecule has 1 aromatic heterocycles. The molecule has 0 radical (unpaired) electrons. The number of hydrogen-bond acceptors (Lipinski definition) is 3. The summed E-state index contributed by atoms with van der Waals surface area (Å²) in [5, 5.41) is 7.96. The van der Waals surface area contributed by atoms with Crippen LogP contribution in [-0.2, 0) is 13.5 Å². The SMILES string of the molecule is CNC(c1ccc2c(c1)CCO2)c1c(C)nn(C)c1C. The Balaban J connectivity index is 2.06. The normalized spacial score (nSPS) is 15.0. The molecule has 3 rings (SSSR count). The van der Waals surface area contributed by atoms with Gasteiger partial charge in [-0.25, -0.2) is 0 Å². The standard InChI is InChI=1S/C16H21N3O/c1-10-15(11(2)19(4)18-10)16(17-3)13-5-6-14-12(9-13)7-8-20-14/h5-6,9,16-17H,7-8H2,1-4H3. The van der Waals surface area contributed by atoms with E-state index >= 15 is 0 Å². The first kappa shape index (κ1) is 13.2. The largest absolute Gasteiger partial charge is 0.493 e. The van der Waals surface area contributed by atoms with E-state index in [1.54, 1.807) is 0 Å². The molecule has 0 fully saturated rings. The summed E-state index contributed by atoms with van der Waals surface area (Å²) in [6, 6.07) is 6.67. The summed E-state index contributed by atoms with van der Waals surface area (Å²) >= 11 is 0. The maximum absolute atomic E-state index is 5.59. The number of nitrogens with one attached hydrogen (secondary N) is 1. The Kier molecular flexibility index (Phi) is 3.26. The second-order valence-corrected chi connectivity index (χ2v) is 5.40. The molecule has 0 saturated heterocycles. The highest BCUT2D eigenvalue weighted by Crippen LogP contribution is 2.32. The quantitative estimate of drug-likeness (QED) is 0.931. The van der Waals surface area contributed by atoms with Crippen LogP contribution in [0.15, 0.2) is 18.2 Å². The predicted octanol–water partition coefficient (Wildman–Crippen LogP) is 2.28. The topological polar surface area (TPSA) is 39.1 Å². The van der Waals surface area contributed by atoms with Gasteiger partial charge in [0.25, 0.3) is 0 Å². The van der Waals surface area contributed by atoms with Crippen molar-refractivity contribution in [1.29, 1.82) is 0 Å². The van der Waals surface area contributed by atoms with Crippen LogP contribution >= 0.6 is 0 Å². The molecule has 2 aromatic rings. The van der Waals surface area contributed by atoms with Crippen molar-refractivity contribution in [2.75, 3.05) is 13.7 Å². The minimum Gasteiger partial charge on any atom is -0.493 e. The smallest absolute Gasteiger partial charge is 0.122 e. The van der Waals surface area contributed by atoms with Crippen LogP contribution in [-0.4, -0.2) is 23.4 Å². The van der Waals surface area contributed by atoms with Crippen LogP contribution in [0.1, 0.15) is 34.1 Å². The lowest BCUT2D eigenvalue weighted by atomic mass is 9.95. The number of ether oxygens (including phenoxy) is 1. The van der Waals surface area contributed by atoms with Gasteiger partial charge in [-0.15, -0.1) is 0 Å². The summed E-state index contributed by atoms with van der Waals surface area (Å²) in [5.41, 5.74) is 6.14. The number of fused-ring (bicyclic) bond motifs is 1. The van der Waals surface area contributed by atoms with E-state index in [0.717, 1.165) is 24.5 Å². The van der Waals surface area contributed by atoms with Crippen molar-refractivity contribution < 1.29 is 4.74 Å². The minimum absolute atomic E-state index is 0.176. The monoisotopic (exact) mass is 271 g/mol. The summed E-state index contributed by atoms with van der Waals surface area (Å²) in [6.45, 7) is 4.99. The zero-order chi connectivity index (χ0) is 14.3. The fourth-order valence-corrected chi connectivity index (χ4v) is 3.07. The fraction of sp³-hybridized carbons (Fsp3) is 0.438. The Hall–Kier alpha value is -1.81. The Bertz CT molecular complexity index is 645. The molecule has 2 heterocycles. The van der Waals surface area contributed by atoms with Crippen LogP contribution < -0.4 is 10.1 Å². The first-order valence-electron chi connectivity index (χ1n) is 7.04. The summed E-state index contributed by atoms with van der Waals surface area (Å²) in [6.07, 6.45) is 1.00. The molecule has 0 spiro atoms. The molecule has 0 bridgehead atoms. The van der Waals surface area contributed by atoms with E-state index in [1.807, 2.05) is 18.8 Å². The van der Waals surface area contributed by atoms with E-state index in [4.69, 9.17) is 4.74 Å². The van der Waals surface area contributed by atoms with Crippen LogP contribution in [0.25, 0.3) is 0 Å². The molecule has 4 heteroatoms. The first-order valence-corrected chi connectivity index (χ1v) is 7.04. The molecule has 1 aliphatic rings. The average Bonchev–Trinajstić information content (AvgIpc) is 2.99. The second kappa shape index (κ2) is 4.94. The molecule has 1 aromatic carbocycles. The zero-order valence-electron chi connectivity index (χ0n) is 12.5. The molecule has 0 amide bonds. The van der Waals surface area contributed by atoms with E-state index in [2.05, 4.69) is 42.5 Å². The zero-order valence-corrected chi connectivity index (χ0v) is 12.5. The predicted molar refractivity (Wildman–Crippen MR) is 79.2 cm³/mol. The Labute approximate surface area is 119 Å². The fourth-order valence-electron chi connectivity index (χ4n) is 3.07. The highest BCUT2D eigenvalue weighted by atomic mass is 16.5. The molecular weight excluding hydrogens is 250 g/mol. The van der Waals surface area contributed by atoms with Gasteiger partial charge in [0.2, 0.25) is 0 Å². The third-order valence-electron chi connectivity index (χ3n) is 4.19. The Morgan fingerprint density at radius 1 is 1.35 bits per heavy atom. The van der Waals surface area contributed by atoms with Gasteiger partial charge in [-0.2, -0.15) is 5.10 Å². The highest BCUT2D eigenvalue weighted by Gasteiger charge is 2.22. The number of rotatable bonds is 3. The Morgan fingerprint density at radius 2 is 2.15 bits per heavy atom. The van der Waals surface area contributed by atoms with Crippen molar-refractivity contribution in [2.24, 2.45) is 7.05 Å². The summed E-state index contributed by atoms with van der Waals surface area (Å²) < 4.78 is 7.54. The minimum atomic E-state index is 0.176. The van der Waals surface area contributed by atoms with Crippen LogP contribution in [0, 0.1) is 13.8 Å². The lowest BCUT2D eigenvalue weighted by Gasteiger charge is -2.18. The molecular formula is C16H21N3O. The van der Waals surface area contributed by atoms with E-state index in [9.17, 15) is 0 Å². The van der Waals surface area contributed by atoms with E-state index in [0.29, 0.717) is 0 Å². The van der Waals surface area contributed by atoms with E-state index < -0.39 is 0 Å². The molecule has 1 atom stereocenters. The van der Waals surface area contributed by atoms with Crippen LogP contribution in [0.5, 0.6) is 5.75 Å². The van der Waals surface area contributed by atoms with Gasteiger partial charge in [-0.1, -0.05) is 12.1 Å². The van der Waals surface area contributed by atoms with Gasteiger partial charge in [0.05, 0.1) is 18.3 Å². The van der Waals surface area contributed by atoms with Gasteiger partial charge < -0.3 is 10.1 Å².